The maximum Gasteiger partial charge on any atom is 0.228 e. The quantitative estimate of drug-likeness (QED) is 0.768. The summed E-state index contributed by atoms with van der Waals surface area (Å²) in [4.78, 5) is 12.0. The molecule has 1 heterocycles. The molecule has 3 aromatic rings. The molecule has 0 saturated carbocycles. The van der Waals surface area contributed by atoms with Crippen LogP contribution < -0.4 is 5.32 Å². The molecule has 0 aliphatic heterocycles. The van der Waals surface area contributed by atoms with Crippen molar-refractivity contribution in [3.8, 4) is 0 Å². The number of para-hydroxylation sites is 1. The van der Waals surface area contributed by atoms with E-state index in [0.29, 0.717) is 11.3 Å². The zero-order valence-corrected chi connectivity index (χ0v) is 10.6. The van der Waals surface area contributed by atoms with E-state index in [2.05, 4.69) is 15.5 Å². The monoisotopic (exact) mass is 269 g/mol. The van der Waals surface area contributed by atoms with Crippen molar-refractivity contribution in [1.29, 1.82) is 0 Å². The summed E-state index contributed by atoms with van der Waals surface area (Å²) < 4.78 is 13.5. The lowest BCUT2D eigenvalue weighted by Gasteiger charge is -2.07. The molecule has 0 aliphatic carbocycles. The van der Waals surface area contributed by atoms with E-state index in [1.54, 1.807) is 30.5 Å². The van der Waals surface area contributed by atoms with Crippen molar-refractivity contribution in [3.63, 3.8) is 0 Å². The van der Waals surface area contributed by atoms with Crippen molar-refractivity contribution in [3.05, 3.63) is 60.0 Å². The lowest BCUT2D eigenvalue weighted by Crippen LogP contribution is -2.15. The number of aromatic amines is 1. The van der Waals surface area contributed by atoms with E-state index in [0.717, 1.165) is 10.9 Å². The second kappa shape index (κ2) is 5.13. The molecule has 1 amide bonds. The zero-order chi connectivity index (χ0) is 13.9. The molecule has 0 aliphatic rings. The number of aromatic nitrogens is 2. The molecule has 0 radical (unpaired) electrons. The van der Waals surface area contributed by atoms with E-state index in [9.17, 15) is 9.18 Å². The molecule has 0 bridgehead atoms. The van der Waals surface area contributed by atoms with Crippen molar-refractivity contribution >= 4 is 22.5 Å². The summed E-state index contributed by atoms with van der Waals surface area (Å²) in [6.45, 7) is 0. The van der Waals surface area contributed by atoms with Crippen LogP contribution in [0.15, 0.2) is 48.7 Å². The van der Waals surface area contributed by atoms with E-state index in [1.807, 2.05) is 12.1 Å². The summed E-state index contributed by atoms with van der Waals surface area (Å²) in [7, 11) is 0. The van der Waals surface area contributed by atoms with Gasteiger partial charge in [0, 0.05) is 5.39 Å². The van der Waals surface area contributed by atoms with Crippen LogP contribution in [0.1, 0.15) is 5.56 Å². The van der Waals surface area contributed by atoms with Gasteiger partial charge in [-0.25, -0.2) is 4.39 Å². The third-order valence-corrected chi connectivity index (χ3v) is 3.06. The molecule has 100 valence electrons. The number of rotatable bonds is 3. The van der Waals surface area contributed by atoms with Crippen LogP contribution in [0.25, 0.3) is 10.9 Å². The number of nitrogens with one attached hydrogen (secondary N) is 2. The van der Waals surface area contributed by atoms with Crippen LogP contribution >= 0.6 is 0 Å². The van der Waals surface area contributed by atoms with Gasteiger partial charge < -0.3 is 5.32 Å². The Labute approximate surface area is 114 Å². The van der Waals surface area contributed by atoms with Gasteiger partial charge in [0.05, 0.1) is 23.8 Å². The van der Waals surface area contributed by atoms with Crippen LogP contribution in [0, 0.1) is 5.82 Å². The highest BCUT2D eigenvalue weighted by Crippen LogP contribution is 2.20. The topological polar surface area (TPSA) is 57.8 Å². The number of amides is 1. The average Bonchev–Trinajstić information content (AvgIpc) is 2.91. The standard InChI is InChI=1S/C15H12FN3O/c16-12-6-2-1-4-10(12)8-14(20)18-13-7-3-5-11-9-17-19-15(11)13/h1-7,9H,8H2,(H,17,19)(H,18,20). The lowest BCUT2D eigenvalue weighted by atomic mass is 10.1. The van der Waals surface area contributed by atoms with Crippen molar-refractivity contribution in [2.45, 2.75) is 6.42 Å². The molecular weight excluding hydrogens is 257 g/mol. The Hall–Kier alpha value is -2.69. The number of H-pyrrole nitrogens is 1. The van der Waals surface area contributed by atoms with Gasteiger partial charge in [0.15, 0.2) is 0 Å². The number of benzene rings is 2. The summed E-state index contributed by atoms with van der Waals surface area (Å²) in [5, 5.41) is 10.4. The first-order chi connectivity index (χ1) is 9.74. The van der Waals surface area contributed by atoms with Crippen LogP contribution in [-0.4, -0.2) is 16.1 Å². The van der Waals surface area contributed by atoms with Gasteiger partial charge in [0.2, 0.25) is 5.91 Å². The smallest absolute Gasteiger partial charge is 0.228 e. The highest BCUT2D eigenvalue weighted by molar-refractivity contribution is 6.00. The third-order valence-electron chi connectivity index (χ3n) is 3.06. The molecule has 2 aromatic carbocycles. The fourth-order valence-corrected chi connectivity index (χ4v) is 2.08. The molecule has 0 spiro atoms. The minimum absolute atomic E-state index is 0.00278. The summed E-state index contributed by atoms with van der Waals surface area (Å²) in [5.41, 5.74) is 1.78. The Morgan fingerprint density at radius 1 is 1.20 bits per heavy atom. The second-order valence-electron chi connectivity index (χ2n) is 4.46. The van der Waals surface area contributed by atoms with E-state index in [-0.39, 0.29) is 18.1 Å². The summed E-state index contributed by atoms with van der Waals surface area (Å²) in [5.74, 6) is -0.639. The minimum Gasteiger partial charge on any atom is -0.324 e. The Balaban J connectivity index is 1.80. The molecule has 20 heavy (non-hydrogen) atoms. The van der Waals surface area contributed by atoms with Crippen LogP contribution in [-0.2, 0) is 11.2 Å². The Bertz CT molecular complexity index is 766. The number of hydrogen-bond donors (Lipinski definition) is 2. The fourth-order valence-electron chi connectivity index (χ4n) is 2.08. The highest BCUT2D eigenvalue weighted by Gasteiger charge is 2.10. The van der Waals surface area contributed by atoms with E-state index < -0.39 is 0 Å². The first kappa shape index (κ1) is 12.3. The largest absolute Gasteiger partial charge is 0.324 e. The van der Waals surface area contributed by atoms with Crippen molar-refractivity contribution in [2.24, 2.45) is 0 Å². The lowest BCUT2D eigenvalue weighted by molar-refractivity contribution is -0.115. The minimum atomic E-state index is -0.373. The van der Waals surface area contributed by atoms with Gasteiger partial charge in [-0.3, -0.25) is 9.89 Å². The average molecular weight is 269 g/mol. The number of fused-ring (bicyclic) bond motifs is 1. The molecular formula is C15H12FN3O. The molecule has 1 aromatic heterocycles. The summed E-state index contributed by atoms with van der Waals surface area (Å²) in [6, 6.07) is 11.8. The normalized spacial score (nSPS) is 10.7. The van der Waals surface area contributed by atoms with Crippen molar-refractivity contribution < 1.29 is 9.18 Å². The van der Waals surface area contributed by atoms with Gasteiger partial charge in [0.1, 0.15) is 5.82 Å². The molecule has 5 heteroatoms. The Kier molecular flexibility index (Phi) is 3.16. The first-order valence-electron chi connectivity index (χ1n) is 6.19. The molecule has 0 unspecified atom stereocenters. The number of carbonyl (C=O) groups is 1. The van der Waals surface area contributed by atoms with Gasteiger partial charge in [-0.1, -0.05) is 30.3 Å². The molecule has 3 rings (SSSR count). The zero-order valence-electron chi connectivity index (χ0n) is 10.6. The van der Waals surface area contributed by atoms with Gasteiger partial charge in [-0.15, -0.1) is 0 Å². The SMILES string of the molecule is O=C(Cc1ccccc1F)Nc1cccc2cn[nH]c12. The molecule has 4 nitrogen and oxygen atoms in total. The fraction of sp³-hybridized carbons (Fsp3) is 0.0667. The maximum atomic E-state index is 13.5. The van der Waals surface area contributed by atoms with E-state index in [4.69, 9.17) is 0 Å². The van der Waals surface area contributed by atoms with E-state index in [1.165, 1.54) is 6.07 Å². The number of halogens is 1. The summed E-state index contributed by atoms with van der Waals surface area (Å²) >= 11 is 0. The Morgan fingerprint density at radius 2 is 2.05 bits per heavy atom. The van der Waals surface area contributed by atoms with Gasteiger partial charge in [0.25, 0.3) is 0 Å². The van der Waals surface area contributed by atoms with Crippen LogP contribution in [0.2, 0.25) is 0 Å². The van der Waals surface area contributed by atoms with Crippen LogP contribution in [0.5, 0.6) is 0 Å². The molecule has 0 atom stereocenters. The third kappa shape index (κ3) is 2.38. The number of anilines is 1. The first-order valence-corrected chi connectivity index (χ1v) is 6.19. The van der Waals surface area contributed by atoms with E-state index >= 15 is 0 Å². The predicted molar refractivity (Wildman–Crippen MR) is 74.8 cm³/mol. The number of carbonyl (C=O) groups excluding carboxylic acids is 1. The predicted octanol–water partition coefficient (Wildman–Crippen LogP) is 2.88. The molecule has 0 fully saturated rings. The van der Waals surface area contributed by atoms with Gasteiger partial charge in [-0.05, 0) is 17.7 Å². The summed E-state index contributed by atoms with van der Waals surface area (Å²) in [6.07, 6.45) is 1.68. The molecule has 2 N–H and O–H groups in total. The van der Waals surface area contributed by atoms with Crippen LogP contribution in [0.4, 0.5) is 10.1 Å². The Morgan fingerprint density at radius 3 is 2.90 bits per heavy atom. The highest BCUT2D eigenvalue weighted by atomic mass is 19.1. The second-order valence-corrected chi connectivity index (χ2v) is 4.46. The maximum absolute atomic E-state index is 13.5. The van der Waals surface area contributed by atoms with Gasteiger partial charge >= 0.3 is 0 Å². The van der Waals surface area contributed by atoms with Gasteiger partial charge in [-0.2, -0.15) is 5.10 Å². The molecule has 0 saturated heterocycles. The number of nitrogens with zero attached hydrogens (tertiary/aromatic N) is 1. The van der Waals surface area contributed by atoms with Crippen LogP contribution in [0.3, 0.4) is 0 Å². The van der Waals surface area contributed by atoms with Crippen molar-refractivity contribution in [1.82, 2.24) is 10.2 Å². The van der Waals surface area contributed by atoms with Crippen molar-refractivity contribution in [2.75, 3.05) is 5.32 Å². The number of hydrogen-bond acceptors (Lipinski definition) is 2.